The lowest BCUT2D eigenvalue weighted by Crippen LogP contribution is -2.55. The fourth-order valence-corrected chi connectivity index (χ4v) is 3.92. The van der Waals surface area contributed by atoms with Crippen LogP contribution in [0.15, 0.2) is 47.7 Å². The fourth-order valence-electron chi connectivity index (χ4n) is 3.92. The average Bonchev–Trinajstić information content (AvgIpc) is 3.33. The summed E-state index contributed by atoms with van der Waals surface area (Å²) in [4.78, 5) is 20.9. The van der Waals surface area contributed by atoms with Crippen LogP contribution in [0.2, 0.25) is 0 Å². The second kappa shape index (κ2) is 8.63. The predicted octanol–water partition coefficient (Wildman–Crippen LogP) is 1.65. The number of anilines is 1. The molecule has 0 unspecified atom stereocenters. The molecule has 3 heterocycles. The second-order valence-corrected chi connectivity index (χ2v) is 7.71. The van der Waals surface area contributed by atoms with Crippen molar-refractivity contribution in [3.05, 3.63) is 59.7 Å². The van der Waals surface area contributed by atoms with Crippen molar-refractivity contribution in [3.63, 3.8) is 0 Å². The Balaban J connectivity index is 1.44. The van der Waals surface area contributed by atoms with Gasteiger partial charge in [0.1, 0.15) is 6.54 Å². The van der Waals surface area contributed by atoms with Gasteiger partial charge >= 0.3 is 0 Å². The lowest BCUT2D eigenvalue weighted by Gasteiger charge is -2.35. The highest BCUT2D eigenvalue weighted by Crippen LogP contribution is 2.18. The number of rotatable bonds is 4. The zero-order chi connectivity index (χ0) is 22.0. The number of aromatic nitrogens is 4. The average molecular weight is 421 g/mol. The number of hydrogen-bond donors (Lipinski definition) is 1. The Morgan fingerprint density at radius 2 is 2.03 bits per heavy atom. The van der Waals surface area contributed by atoms with Crippen LogP contribution < -0.4 is 10.2 Å². The summed E-state index contributed by atoms with van der Waals surface area (Å²) in [5.41, 5.74) is 5.05. The van der Waals surface area contributed by atoms with Crippen molar-refractivity contribution >= 4 is 17.6 Å². The lowest BCUT2D eigenvalue weighted by molar-refractivity contribution is -0.120. The van der Waals surface area contributed by atoms with Crippen molar-refractivity contribution in [1.29, 1.82) is 0 Å². The number of carbonyl (C=O) groups excluding carboxylic acids is 1. The standard InChI is InChI=1S/C22H28N8O/c1-16-11-17(2)30(26-16)20-8-6-5-7-18(20)12-24-22(23-3)28-9-10-29(21(31)15-28)19-13-25-27(4)14-19/h5-8,11,13-14H,9-10,12,15H2,1-4H3,(H,23,24). The smallest absolute Gasteiger partial charge is 0.246 e. The quantitative estimate of drug-likeness (QED) is 0.513. The minimum Gasteiger partial charge on any atom is -0.352 e. The lowest BCUT2D eigenvalue weighted by atomic mass is 10.1. The van der Waals surface area contributed by atoms with E-state index in [1.54, 1.807) is 22.8 Å². The van der Waals surface area contributed by atoms with Gasteiger partial charge < -0.3 is 15.1 Å². The largest absolute Gasteiger partial charge is 0.352 e. The Morgan fingerprint density at radius 1 is 1.23 bits per heavy atom. The van der Waals surface area contributed by atoms with Gasteiger partial charge in [-0.2, -0.15) is 10.2 Å². The van der Waals surface area contributed by atoms with Gasteiger partial charge in [0, 0.05) is 45.6 Å². The summed E-state index contributed by atoms with van der Waals surface area (Å²) in [6.07, 6.45) is 3.58. The fraction of sp³-hybridized carbons (Fsp3) is 0.364. The molecule has 9 heteroatoms. The first kappa shape index (κ1) is 20.6. The Labute approximate surface area is 182 Å². The summed E-state index contributed by atoms with van der Waals surface area (Å²) in [5.74, 6) is 0.743. The third-order valence-corrected chi connectivity index (χ3v) is 5.40. The molecule has 0 spiro atoms. The molecule has 1 saturated heterocycles. The topological polar surface area (TPSA) is 83.6 Å². The number of nitrogens with one attached hydrogen (secondary N) is 1. The van der Waals surface area contributed by atoms with E-state index in [1.165, 1.54) is 0 Å². The van der Waals surface area contributed by atoms with Gasteiger partial charge in [-0.15, -0.1) is 0 Å². The number of aryl methyl sites for hydroxylation is 3. The summed E-state index contributed by atoms with van der Waals surface area (Å²) in [6.45, 7) is 6.18. The van der Waals surface area contributed by atoms with Gasteiger partial charge in [-0.05, 0) is 31.5 Å². The molecule has 0 radical (unpaired) electrons. The predicted molar refractivity (Wildman–Crippen MR) is 120 cm³/mol. The molecule has 31 heavy (non-hydrogen) atoms. The first-order valence-electron chi connectivity index (χ1n) is 10.3. The van der Waals surface area contributed by atoms with Crippen LogP contribution in [0.4, 0.5) is 5.69 Å². The van der Waals surface area contributed by atoms with Crippen LogP contribution >= 0.6 is 0 Å². The molecule has 1 fully saturated rings. The summed E-state index contributed by atoms with van der Waals surface area (Å²) >= 11 is 0. The molecule has 1 aliphatic heterocycles. The monoisotopic (exact) mass is 420 g/mol. The van der Waals surface area contributed by atoms with Crippen molar-refractivity contribution in [2.45, 2.75) is 20.4 Å². The third kappa shape index (κ3) is 4.30. The number of hydrogen-bond acceptors (Lipinski definition) is 4. The summed E-state index contributed by atoms with van der Waals surface area (Å²) in [7, 11) is 3.59. The maximum Gasteiger partial charge on any atom is 0.246 e. The summed E-state index contributed by atoms with van der Waals surface area (Å²) in [6, 6.07) is 10.2. The summed E-state index contributed by atoms with van der Waals surface area (Å²) in [5, 5.41) is 12.2. The van der Waals surface area contributed by atoms with Gasteiger partial charge in [-0.1, -0.05) is 18.2 Å². The molecule has 1 N–H and O–H groups in total. The van der Waals surface area contributed by atoms with E-state index in [-0.39, 0.29) is 12.5 Å². The maximum atomic E-state index is 12.7. The zero-order valence-electron chi connectivity index (χ0n) is 18.4. The third-order valence-electron chi connectivity index (χ3n) is 5.40. The van der Waals surface area contributed by atoms with E-state index in [0.717, 1.165) is 28.3 Å². The van der Waals surface area contributed by atoms with Crippen LogP contribution in [0.3, 0.4) is 0 Å². The van der Waals surface area contributed by atoms with E-state index < -0.39 is 0 Å². The van der Waals surface area contributed by atoms with E-state index in [4.69, 9.17) is 0 Å². The SMILES string of the molecule is CN=C(NCc1ccccc1-n1nc(C)cc1C)N1CCN(c2cnn(C)c2)C(=O)C1. The molecule has 0 atom stereocenters. The molecular formula is C22H28N8O. The number of guanidine groups is 1. The molecule has 3 aromatic rings. The van der Waals surface area contributed by atoms with Crippen molar-refractivity contribution in [2.75, 3.05) is 31.6 Å². The van der Waals surface area contributed by atoms with Crippen LogP contribution in [0, 0.1) is 13.8 Å². The van der Waals surface area contributed by atoms with Crippen LogP contribution in [0.1, 0.15) is 17.0 Å². The number of carbonyl (C=O) groups is 1. The molecule has 1 aliphatic rings. The van der Waals surface area contributed by atoms with Crippen LogP contribution in [-0.4, -0.2) is 63.0 Å². The maximum absolute atomic E-state index is 12.7. The Bertz CT molecular complexity index is 1110. The first-order chi connectivity index (χ1) is 15.0. The second-order valence-electron chi connectivity index (χ2n) is 7.71. The number of piperazine rings is 1. The van der Waals surface area contributed by atoms with Crippen molar-refractivity contribution in [2.24, 2.45) is 12.0 Å². The molecule has 0 saturated carbocycles. The Kier molecular flexibility index (Phi) is 5.75. The van der Waals surface area contributed by atoms with Crippen LogP contribution in [0.5, 0.6) is 0 Å². The van der Waals surface area contributed by atoms with Crippen molar-refractivity contribution in [1.82, 2.24) is 29.8 Å². The number of amides is 1. The van der Waals surface area contributed by atoms with E-state index in [1.807, 2.05) is 41.9 Å². The molecule has 162 valence electrons. The highest BCUT2D eigenvalue weighted by atomic mass is 16.2. The molecule has 1 amide bonds. The molecular weight excluding hydrogens is 392 g/mol. The van der Waals surface area contributed by atoms with Gasteiger partial charge in [0.25, 0.3) is 0 Å². The normalized spacial score (nSPS) is 15.0. The van der Waals surface area contributed by atoms with Crippen LogP contribution in [0.25, 0.3) is 5.69 Å². The van der Waals surface area contributed by atoms with Crippen LogP contribution in [-0.2, 0) is 18.4 Å². The van der Waals surface area contributed by atoms with E-state index in [9.17, 15) is 4.79 Å². The number of nitrogens with zero attached hydrogens (tertiary/aromatic N) is 7. The van der Waals surface area contributed by atoms with Crippen molar-refractivity contribution in [3.8, 4) is 5.69 Å². The Morgan fingerprint density at radius 3 is 2.68 bits per heavy atom. The number of benzene rings is 1. The van der Waals surface area contributed by atoms with Gasteiger partial charge in [-0.25, -0.2) is 4.68 Å². The minimum absolute atomic E-state index is 0.0326. The number of para-hydroxylation sites is 1. The van der Waals surface area contributed by atoms with E-state index in [0.29, 0.717) is 25.6 Å². The van der Waals surface area contributed by atoms with Gasteiger partial charge in [0.15, 0.2) is 5.96 Å². The zero-order valence-corrected chi connectivity index (χ0v) is 18.4. The van der Waals surface area contributed by atoms with E-state index >= 15 is 0 Å². The highest BCUT2D eigenvalue weighted by Gasteiger charge is 2.27. The van der Waals surface area contributed by atoms with Gasteiger partial charge in [0.2, 0.25) is 5.91 Å². The van der Waals surface area contributed by atoms with Gasteiger partial charge in [0.05, 0.1) is 23.3 Å². The molecule has 0 aliphatic carbocycles. The van der Waals surface area contributed by atoms with E-state index in [2.05, 4.69) is 45.6 Å². The molecule has 2 aromatic heterocycles. The molecule has 1 aromatic carbocycles. The molecule has 0 bridgehead atoms. The van der Waals surface area contributed by atoms with Gasteiger partial charge in [-0.3, -0.25) is 14.5 Å². The number of aliphatic imine (C=N–C) groups is 1. The first-order valence-corrected chi connectivity index (χ1v) is 10.3. The molecule has 4 rings (SSSR count). The highest BCUT2D eigenvalue weighted by molar-refractivity contribution is 5.98. The minimum atomic E-state index is 0.0326. The molecule has 9 nitrogen and oxygen atoms in total. The van der Waals surface area contributed by atoms with Crippen molar-refractivity contribution < 1.29 is 4.79 Å². The Hall–Kier alpha value is -3.62. The summed E-state index contributed by atoms with van der Waals surface area (Å²) < 4.78 is 3.67.